The van der Waals surface area contributed by atoms with Crippen LogP contribution in [0.2, 0.25) is 5.02 Å². The van der Waals surface area contributed by atoms with Crippen molar-refractivity contribution in [2.45, 2.75) is 38.6 Å². The number of amides is 1. The number of nitrogens with one attached hydrogen (secondary N) is 1. The first kappa shape index (κ1) is 16.6. The van der Waals surface area contributed by atoms with Gasteiger partial charge in [-0.1, -0.05) is 11.6 Å². The third-order valence-electron chi connectivity index (χ3n) is 3.94. The van der Waals surface area contributed by atoms with Crippen LogP contribution in [0.5, 0.6) is 5.75 Å². The monoisotopic (exact) mass is 325 g/mol. The van der Waals surface area contributed by atoms with Crippen molar-refractivity contribution in [2.24, 2.45) is 5.92 Å². The minimum absolute atomic E-state index is 0.0404. The lowest BCUT2D eigenvalue weighted by atomic mass is 9.86. The topological polar surface area (TPSA) is 75.6 Å². The average molecular weight is 326 g/mol. The second-order valence-electron chi connectivity index (χ2n) is 5.65. The smallest absolute Gasteiger partial charge is 0.306 e. The minimum Gasteiger partial charge on any atom is -0.484 e. The molecule has 2 rings (SSSR count). The average Bonchev–Trinajstić information content (AvgIpc) is 2.49. The number of carbonyl (C=O) groups excluding carboxylic acids is 1. The van der Waals surface area contributed by atoms with Crippen molar-refractivity contribution in [3.05, 3.63) is 28.8 Å². The molecule has 0 aromatic heterocycles. The zero-order valence-electron chi connectivity index (χ0n) is 12.5. The third kappa shape index (κ3) is 4.63. The van der Waals surface area contributed by atoms with Crippen molar-refractivity contribution in [1.29, 1.82) is 0 Å². The maximum atomic E-state index is 11.9. The zero-order valence-corrected chi connectivity index (χ0v) is 13.2. The molecule has 0 spiro atoms. The first-order chi connectivity index (χ1) is 10.5. The second-order valence-corrected chi connectivity index (χ2v) is 6.06. The van der Waals surface area contributed by atoms with Crippen LogP contribution < -0.4 is 10.1 Å². The molecule has 0 saturated heterocycles. The summed E-state index contributed by atoms with van der Waals surface area (Å²) in [6.45, 7) is 1.82. The van der Waals surface area contributed by atoms with Gasteiger partial charge in [0.25, 0.3) is 5.91 Å². The predicted molar refractivity (Wildman–Crippen MR) is 83.2 cm³/mol. The van der Waals surface area contributed by atoms with Gasteiger partial charge in [0.15, 0.2) is 6.61 Å². The molecular weight excluding hydrogens is 306 g/mol. The second kappa shape index (κ2) is 7.49. The molecule has 1 aliphatic rings. The lowest BCUT2D eigenvalue weighted by Crippen LogP contribution is -2.40. The Hall–Kier alpha value is -1.75. The minimum atomic E-state index is -0.744. The number of rotatable bonds is 5. The summed E-state index contributed by atoms with van der Waals surface area (Å²) in [6.07, 6.45) is 2.61. The standard InChI is InChI=1S/C16H20ClNO4/c1-10-8-13(6-7-14(10)17)22-9-15(19)18-12-4-2-11(3-5-12)16(20)21/h6-8,11-12H,2-5,9H2,1H3,(H,18,19)(H,20,21). The van der Waals surface area contributed by atoms with Gasteiger partial charge in [0.1, 0.15) is 5.75 Å². The van der Waals surface area contributed by atoms with Crippen molar-refractivity contribution in [2.75, 3.05) is 6.61 Å². The maximum absolute atomic E-state index is 11.9. The quantitative estimate of drug-likeness (QED) is 0.873. The Morgan fingerprint density at radius 3 is 2.59 bits per heavy atom. The fraction of sp³-hybridized carbons (Fsp3) is 0.500. The van der Waals surface area contributed by atoms with Gasteiger partial charge in [-0.05, 0) is 56.4 Å². The molecular formula is C16H20ClNO4. The molecule has 0 atom stereocenters. The van der Waals surface area contributed by atoms with E-state index in [1.54, 1.807) is 18.2 Å². The van der Waals surface area contributed by atoms with E-state index in [0.717, 1.165) is 5.56 Å². The number of aliphatic carboxylic acids is 1. The molecule has 0 heterocycles. The van der Waals surface area contributed by atoms with E-state index in [1.165, 1.54) is 0 Å². The molecule has 6 heteroatoms. The SMILES string of the molecule is Cc1cc(OCC(=O)NC2CCC(C(=O)O)CC2)ccc1Cl. The number of benzene rings is 1. The molecule has 0 bridgehead atoms. The van der Waals surface area contributed by atoms with Crippen LogP contribution in [0.25, 0.3) is 0 Å². The number of hydrogen-bond donors (Lipinski definition) is 2. The Kier molecular flexibility index (Phi) is 5.66. The van der Waals surface area contributed by atoms with Crippen molar-refractivity contribution >= 4 is 23.5 Å². The normalized spacial score (nSPS) is 21.2. The molecule has 1 fully saturated rings. The van der Waals surface area contributed by atoms with E-state index in [4.69, 9.17) is 21.4 Å². The fourth-order valence-corrected chi connectivity index (χ4v) is 2.73. The van der Waals surface area contributed by atoms with Crippen molar-refractivity contribution in [3.8, 4) is 5.75 Å². The Morgan fingerprint density at radius 1 is 1.32 bits per heavy atom. The highest BCUT2D eigenvalue weighted by Gasteiger charge is 2.26. The molecule has 1 saturated carbocycles. The summed E-state index contributed by atoms with van der Waals surface area (Å²) in [5, 5.41) is 12.5. The molecule has 1 aliphatic carbocycles. The summed E-state index contributed by atoms with van der Waals surface area (Å²) in [5.74, 6) is -0.606. The summed E-state index contributed by atoms with van der Waals surface area (Å²) in [7, 11) is 0. The first-order valence-corrected chi connectivity index (χ1v) is 7.74. The van der Waals surface area contributed by atoms with Gasteiger partial charge in [-0.15, -0.1) is 0 Å². The molecule has 1 amide bonds. The molecule has 22 heavy (non-hydrogen) atoms. The van der Waals surface area contributed by atoms with Crippen LogP contribution in [0.3, 0.4) is 0 Å². The molecule has 5 nitrogen and oxygen atoms in total. The number of halogens is 1. The highest BCUT2D eigenvalue weighted by molar-refractivity contribution is 6.31. The van der Waals surface area contributed by atoms with Gasteiger partial charge in [0.05, 0.1) is 5.92 Å². The number of hydrogen-bond acceptors (Lipinski definition) is 3. The summed E-state index contributed by atoms with van der Waals surface area (Å²) < 4.78 is 5.44. The summed E-state index contributed by atoms with van der Waals surface area (Å²) in [6, 6.07) is 5.28. The van der Waals surface area contributed by atoms with E-state index >= 15 is 0 Å². The van der Waals surface area contributed by atoms with Gasteiger partial charge in [0.2, 0.25) is 0 Å². The summed E-state index contributed by atoms with van der Waals surface area (Å²) in [4.78, 5) is 22.8. The third-order valence-corrected chi connectivity index (χ3v) is 4.36. The molecule has 2 N–H and O–H groups in total. The van der Waals surface area contributed by atoms with E-state index in [2.05, 4.69) is 5.32 Å². The first-order valence-electron chi connectivity index (χ1n) is 7.37. The van der Waals surface area contributed by atoms with E-state index in [0.29, 0.717) is 36.5 Å². The van der Waals surface area contributed by atoms with Crippen LogP contribution in [0.1, 0.15) is 31.2 Å². The molecule has 1 aromatic rings. The van der Waals surface area contributed by atoms with E-state index < -0.39 is 5.97 Å². The summed E-state index contributed by atoms with van der Waals surface area (Å²) in [5.41, 5.74) is 0.895. The summed E-state index contributed by atoms with van der Waals surface area (Å²) >= 11 is 5.93. The number of ether oxygens (including phenoxy) is 1. The zero-order chi connectivity index (χ0) is 16.1. The number of carboxylic acid groups (broad SMARTS) is 1. The highest BCUT2D eigenvalue weighted by Crippen LogP contribution is 2.24. The Labute approximate surface area is 134 Å². The van der Waals surface area contributed by atoms with Gasteiger partial charge >= 0.3 is 5.97 Å². The van der Waals surface area contributed by atoms with Crippen LogP contribution in [-0.4, -0.2) is 29.6 Å². The van der Waals surface area contributed by atoms with Gasteiger partial charge in [-0.3, -0.25) is 9.59 Å². The van der Waals surface area contributed by atoms with Gasteiger partial charge in [-0.2, -0.15) is 0 Å². The number of carboxylic acids is 1. The number of aryl methyl sites for hydroxylation is 1. The molecule has 120 valence electrons. The van der Waals surface area contributed by atoms with Crippen LogP contribution in [0.15, 0.2) is 18.2 Å². The van der Waals surface area contributed by atoms with Crippen LogP contribution >= 0.6 is 11.6 Å². The molecule has 0 aliphatic heterocycles. The highest BCUT2D eigenvalue weighted by atomic mass is 35.5. The molecule has 0 unspecified atom stereocenters. The lowest BCUT2D eigenvalue weighted by Gasteiger charge is -2.26. The Bertz CT molecular complexity index is 553. The van der Waals surface area contributed by atoms with Gasteiger partial charge in [0, 0.05) is 11.1 Å². The van der Waals surface area contributed by atoms with E-state index in [-0.39, 0.29) is 24.5 Å². The van der Waals surface area contributed by atoms with Gasteiger partial charge in [-0.25, -0.2) is 0 Å². The predicted octanol–water partition coefficient (Wildman–Crippen LogP) is 2.79. The molecule has 0 radical (unpaired) electrons. The van der Waals surface area contributed by atoms with Crippen LogP contribution in [0.4, 0.5) is 0 Å². The maximum Gasteiger partial charge on any atom is 0.306 e. The van der Waals surface area contributed by atoms with Crippen molar-refractivity contribution < 1.29 is 19.4 Å². The largest absolute Gasteiger partial charge is 0.484 e. The number of carbonyl (C=O) groups is 2. The fourth-order valence-electron chi connectivity index (χ4n) is 2.61. The Morgan fingerprint density at radius 2 is 2.00 bits per heavy atom. The van der Waals surface area contributed by atoms with Crippen LogP contribution in [0, 0.1) is 12.8 Å². The Balaban J connectivity index is 1.74. The lowest BCUT2D eigenvalue weighted by molar-refractivity contribution is -0.142. The van der Waals surface area contributed by atoms with Crippen LogP contribution in [-0.2, 0) is 9.59 Å². The van der Waals surface area contributed by atoms with Gasteiger partial charge < -0.3 is 15.2 Å². The molecule has 1 aromatic carbocycles. The van der Waals surface area contributed by atoms with Crippen molar-refractivity contribution in [3.63, 3.8) is 0 Å². The van der Waals surface area contributed by atoms with E-state index in [1.807, 2.05) is 6.92 Å². The van der Waals surface area contributed by atoms with Crippen molar-refractivity contribution in [1.82, 2.24) is 5.32 Å². The van der Waals surface area contributed by atoms with E-state index in [9.17, 15) is 9.59 Å².